The first-order chi connectivity index (χ1) is 11.3. The van der Waals surface area contributed by atoms with Crippen LogP contribution in [0.1, 0.15) is 41.5 Å². The lowest BCUT2D eigenvalue weighted by atomic mass is 10.1. The van der Waals surface area contributed by atoms with E-state index in [9.17, 15) is 9.59 Å². The Labute approximate surface area is 145 Å². The normalized spacial score (nSPS) is 13.3. The van der Waals surface area contributed by atoms with Crippen molar-refractivity contribution >= 4 is 23.6 Å². The molecule has 0 saturated heterocycles. The fourth-order valence-electron chi connectivity index (χ4n) is 2.30. The molecule has 0 radical (unpaired) electrons. The number of primary amides is 1. The van der Waals surface area contributed by atoms with Crippen LogP contribution in [0.2, 0.25) is 0 Å². The van der Waals surface area contributed by atoms with E-state index in [2.05, 4.69) is 10.4 Å². The number of nitrogens with two attached hydrogens (primary N) is 1. The molecule has 2 atom stereocenters. The Hall–Kier alpha value is -2.28. The predicted molar refractivity (Wildman–Crippen MR) is 94.8 cm³/mol. The topological polar surface area (TPSA) is 90.0 Å². The summed E-state index contributed by atoms with van der Waals surface area (Å²) < 4.78 is 1.77. The van der Waals surface area contributed by atoms with Crippen LogP contribution in [0.15, 0.2) is 35.4 Å². The van der Waals surface area contributed by atoms with E-state index in [1.807, 2.05) is 33.0 Å². The lowest BCUT2D eigenvalue weighted by Crippen LogP contribution is -2.28. The van der Waals surface area contributed by atoms with Crippen molar-refractivity contribution in [3.05, 3.63) is 47.3 Å². The van der Waals surface area contributed by atoms with Gasteiger partial charge >= 0.3 is 0 Å². The SMILES string of the molecule is Cc1c([C@@H](C)NC(=O)c2ccccc2S[C@H](C)C(N)=O)cnn1C. The van der Waals surface area contributed by atoms with E-state index in [4.69, 9.17) is 5.73 Å². The molecule has 0 spiro atoms. The maximum absolute atomic E-state index is 12.7. The Morgan fingerprint density at radius 1 is 1.29 bits per heavy atom. The number of nitrogens with zero attached hydrogens (tertiary/aromatic N) is 2. The number of nitrogens with one attached hydrogen (secondary N) is 1. The summed E-state index contributed by atoms with van der Waals surface area (Å²) in [6, 6.07) is 7.03. The van der Waals surface area contributed by atoms with Crippen LogP contribution in [0.5, 0.6) is 0 Å². The van der Waals surface area contributed by atoms with Crippen molar-refractivity contribution < 1.29 is 9.59 Å². The third-order valence-corrected chi connectivity index (χ3v) is 5.12. The molecule has 0 aliphatic carbocycles. The van der Waals surface area contributed by atoms with Crippen LogP contribution in [0.4, 0.5) is 0 Å². The molecule has 1 heterocycles. The minimum atomic E-state index is -0.408. The Balaban J connectivity index is 2.18. The van der Waals surface area contributed by atoms with Crippen LogP contribution in [0.25, 0.3) is 0 Å². The summed E-state index contributed by atoms with van der Waals surface area (Å²) in [5.41, 5.74) is 7.83. The van der Waals surface area contributed by atoms with Crippen LogP contribution >= 0.6 is 11.8 Å². The van der Waals surface area contributed by atoms with Gasteiger partial charge in [0.15, 0.2) is 0 Å². The van der Waals surface area contributed by atoms with Crippen LogP contribution in [-0.2, 0) is 11.8 Å². The van der Waals surface area contributed by atoms with Gasteiger partial charge in [-0.3, -0.25) is 14.3 Å². The van der Waals surface area contributed by atoms with E-state index in [-0.39, 0.29) is 11.9 Å². The van der Waals surface area contributed by atoms with Gasteiger partial charge < -0.3 is 11.1 Å². The summed E-state index contributed by atoms with van der Waals surface area (Å²) >= 11 is 1.28. The summed E-state index contributed by atoms with van der Waals surface area (Å²) in [5, 5.41) is 6.79. The molecule has 0 aliphatic rings. The smallest absolute Gasteiger partial charge is 0.252 e. The first-order valence-electron chi connectivity index (χ1n) is 7.65. The summed E-state index contributed by atoms with van der Waals surface area (Å²) in [6.45, 7) is 5.61. The molecule has 0 unspecified atom stereocenters. The number of aromatic nitrogens is 2. The van der Waals surface area contributed by atoms with Crippen molar-refractivity contribution in [2.24, 2.45) is 12.8 Å². The zero-order valence-corrected chi connectivity index (χ0v) is 15.1. The van der Waals surface area contributed by atoms with Gasteiger partial charge in [-0.25, -0.2) is 0 Å². The third kappa shape index (κ3) is 3.97. The molecule has 0 saturated carbocycles. The molecule has 1 aromatic heterocycles. The summed E-state index contributed by atoms with van der Waals surface area (Å²) in [7, 11) is 1.87. The molecule has 0 aliphatic heterocycles. The molecule has 3 N–H and O–H groups in total. The highest BCUT2D eigenvalue weighted by atomic mass is 32.2. The number of carbonyl (C=O) groups is 2. The molecule has 0 bridgehead atoms. The Kier molecular flexibility index (Phi) is 5.66. The second kappa shape index (κ2) is 7.53. The molecule has 2 aromatic rings. The van der Waals surface area contributed by atoms with Crippen LogP contribution < -0.4 is 11.1 Å². The number of benzene rings is 1. The third-order valence-electron chi connectivity index (χ3n) is 3.92. The predicted octanol–water partition coefficient (Wildman–Crippen LogP) is 2.19. The fourth-order valence-corrected chi connectivity index (χ4v) is 3.24. The molecule has 0 fully saturated rings. The van der Waals surface area contributed by atoms with Crippen molar-refractivity contribution in [2.45, 2.75) is 37.0 Å². The van der Waals surface area contributed by atoms with E-state index in [0.29, 0.717) is 5.56 Å². The van der Waals surface area contributed by atoms with E-state index >= 15 is 0 Å². The average Bonchev–Trinajstić information content (AvgIpc) is 2.87. The highest BCUT2D eigenvalue weighted by Gasteiger charge is 2.19. The summed E-state index contributed by atoms with van der Waals surface area (Å²) in [4.78, 5) is 24.7. The minimum absolute atomic E-state index is 0.169. The number of amides is 2. The standard InChI is InChI=1S/C17H22N4O2S/c1-10(14-9-19-21(4)11(14)2)20-17(23)13-7-5-6-8-15(13)24-12(3)16(18)22/h5-10,12H,1-4H3,(H2,18,22)(H,20,23)/t10-,12-/m1/s1. The fraction of sp³-hybridized carbons (Fsp3) is 0.353. The van der Waals surface area contributed by atoms with E-state index in [0.717, 1.165) is 16.2 Å². The highest BCUT2D eigenvalue weighted by molar-refractivity contribution is 8.00. The second-order valence-electron chi connectivity index (χ2n) is 5.66. The maximum Gasteiger partial charge on any atom is 0.252 e. The molecule has 6 nitrogen and oxygen atoms in total. The molecule has 1 aromatic carbocycles. The van der Waals surface area contributed by atoms with Crippen molar-refractivity contribution in [1.82, 2.24) is 15.1 Å². The zero-order chi connectivity index (χ0) is 17.9. The maximum atomic E-state index is 12.7. The van der Waals surface area contributed by atoms with Crippen molar-refractivity contribution in [3.8, 4) is 0 Å². The molecule has 24 heavy (non-hydrogen) atoms. The minimum Gasteiger partial charge on any atom is -0.369 e. The monoisotopic (exact) mass is 346 g/mol. The van der Waals surface area contributed by atoms with E-state index in [1.54, 1.807) is 29.9 Å². The molecule has 2 rings (SSSR count). The number of thioether (sulfide) groups is 1. The molecular formula is C17H22N4O2S. The Morgan fingerprint density at radius 2 is 1.96 bits per heavy atom. The van der Waals surface area contributed by atoms with Gasteiger partial charge in [0.2, 0.25) is 5.91 Å². The van der Waals surface area contributed by atoms with Crippen LogP contribution in [-0.4, -0.2) is 26.8 Å². The van der Waals surface area contributed by atoms with Gasteiger partial charge in [-0.1, -0.05) is 12.1 Å². The van der Waals surface area contributed by atoms with Gasteiger partial charge in [0.25, 0.3) is 5.91 Å². The van der Waals surface area contributed by atoms with Crippen molar-refractivity contribution in [2.75, 3.05) is 0 Å². The van der Waals surface area contributed by atoms with Gasteiger partial charge in [0.05, 0.1) is 23.1 Å². The number of carbonyl (C=O) groups excluding carboxylic acids is 2. The van der Waals surface area contributed by atoms with Gasteiger partial charge in [0, 0.05) is 23.2 Å². The quantitative estimate of drug-likeness (QED) is 0.785. The molecule has 7 heteroatoms. The molecule has 128 valence electrons. The van der Waals surface area contributed by atoms with Crippen LogP contribution in [0.3, 0.4) is 0 Å². The van der Waals surface area contributed by atoms with Crippen molar-refractivity contribution in [3.63, 3.8) is 0 Å². The van der Waals surface area contributed by atoms with Gasteiger partial charge in [0.1, 0.15) is 0 Å². The zero-order valence-electron chi connectivity index (χ0n) is 14.2. The van der Waals surface area contributed by atoms with Crippen molar-refractivity contribution in [1.29, 1.82) is 0 Å². The number of rotatable bonds is 6. The van der Waals surface area contributed by atoms with Gasteiger partial charge in [-0.2, -0.15) is 5.10 Å². The van der Waals surface area contributed by atoms with E-state index < -0.39 is 11.2 Å². The first kappa shape index (κ1) is 18.1. The molecular weight excluding hydrogens is 324 g/mol. The highest BCUT2D eigenvalue weighted by Crippen LogP contribution is 2.27. The van der Waals surface area contributed by atoms with Gasteiger partial charge in [-0.05, 0) is 32.9 Å². The van der Waals surface area contributed by atoms with Crippen LogP contribution in [0, 0.1) is 6.92 Å². The first-order valence-corrected chi connectivity index (χ1v) is 8.53. The molecule has 2 amide bonds. The lowest BCUT2D eigenvalue weighted by Gasteiger charge is -2.16. The van der Waals surface area contributed by atoms with Gasteiger partial charge in [-0.15, -0.1) is 11.8 Å². The second-order valence-corrected chi connectivity index (χ2v) is 7.05. The average molecular weight is 346 g/mol. The summed E-state index contributed by atoms with van der Waals surface area (Å²) in [6.07, 6.45) is 1.76. The van der Waals surface area contributed by atoms with E-state index in [1.165, 1.54) is 11.8 Å². The Bertz CT molecular complexity index is 757. The largest absolute Gasteiger partial charge is 0.369 e. The number of aryl methyl sites for hydroxylation is 1. The number of hydrogen-bond donors (Lipinski definition) is 2. The number of hydrogen-bond acceptors (Lipinski definition) is 4. The summed E-state index contributed by atoms with van der Waals surface area (Å²) in [5.74, 6) is -0.597. The lowest BCUT2D eigenvalue weighted by molar-refractivity contribution is -0.117. The Morgan fingerprint density at radius 3 is 2.54 bits per heavy atom.